The predicted molar refractivity (Wildman–Crippen MR) is 109 cm³/mol. The molecule has 6 heteroatoms. The Kier molecular flexibility index (Phi) is 8.05. The van der Waals surface area contributed by atoms with Crippen molar-refractivity contribution in [3.05, 3.63) is 23.3 Å². The van der Waals surface area contributed by atoms with E-state index in [0.717, 1.165) is 30.4 Å². The van der Waals surface area contributed by atoms with E-state index in [0.29, 0.717) is 25.0 Å². The first-order chi connectivity index (χ1) is 13.6. The van der Waals surface area contributed by atoms with Gasteiger partial charge in [-0.2, -0.15) is 0 Å². The molecule has 0 aromatic rings. The average Bonchev–Trinajstić information content (AvgIpc) is 2.91. The molecule has 1 aliphatic carbocycles. The van der Waals surface area contributed by atoms with Gasteiger partial charge in [0, 0.05) is 25.3 Å². The monoisotopic (exact) mass is 406 g/mol. The van der Waals surface area contributed by atoms with Gasteiger partial charge in [0.2, 0.25) is 0 Å². The standard InChI is InChI=1S/C23H34O6/c1-7-13(2)11-19(25)29-22-20(14(3)9-8-10-27-17(6)24)15(4)12-18-21(22)16(5)23(26)28-18/h13-14,18,21-22H,5,7-12H2,1-4,6H3. The summed E-state index contributed by atoms with van der Waals surface area (Å²) in [5.74, 6) is -0.923. The summed E-state index contributed by atoms with van der Waals surface area (Å²) in [6.45, 7) is 13.8. The van der Waals surface area contributed by atoms with Crippen molar-refractivity contribution in [2.45, 2.75) is 78.9 Å². The Bertz CT molecular complexity index is 691. The predicted octanol–water partition coefficient (Wildman–Crippen LogP) is 4.13. The lowest BCUT2D eigenvalue weighted by Crippen LogP contribution is -2.41. The maximum absolute atomic E-state index is 12.6. The second kappa shape index (κ2) is 10.1. The fourth-order valence-electron chi connectivity index (χ4n) is 4.27. The first-order valence-corrected chi connectivity index (χ1v) is 10.6. The maximum Gasteiger partial charge on any atom is 0.334 e. The van der Waals surface area contributed by atoms with Crippen molar-refractivity contribution >= 4 is 17.9 Å². The normalized spacial score (nSPS) is 25.9. The van der Waals surface area contributed by atoms with E-state index in [1.807, 2.05) is 20.8 Å². The van der Waals surface area contributed by atoms with Crippen molar-refractivity contribution in [1.29, 1.82) is 0 Å². The van der Waals surface area contributed by atoms with Crippen LogP contribution in [0.4, 0.5) is 0 Å². The van der Waals surface area contributed by atoms with Crippen LogP contribution in [0.2, 0.25) is 0 Å². The zero-order chi connectivity index (χ0) is 21.7. The minimum absolute atomic E-state index is 0.122. The van der Waals surface area contributed by atoms with Gasteiger partial charge in [-0.15, -0.1) is 0 Å². The molecule has 0 spiro atoms. The van der Waals surface area contributed by atoms with Crippen LogP contribution in [0.5, 0.6) is 0 Å². The van der Waals surface area contributed by atoms with Gasteiger partial charge in [0.25, 0.3) is 0 Å². The zero-order valence-electron chi connectivity index (χ0n) is 18.3. The van der Waals surface area contributed by atoms with Crippen molar-refractivity contribution < 1.29 is 28.6 Å². The molecule has 0 amide bonds. The lowest BCUT2D eigenvalue weighted by molar-refractivity contribution is -0.152. The highest BCUT2D eigenvalue weighted by Gasteiger charge is 2.50. The van der Waals surface area contributed by atoms with E-state index in [1.165, 1.54) is 6.92 Å². The Morgan fingerprint density at radius 2 is 2.00 bits per heavy atom. The van der Waals surface area contributed by atoms with Gasteiger partial charge in [-0.1, -0.05) is 39.3 Å². The van der Waals surface area contributed by atoms with E-state index in [9.17, 15) is 14.4 Å². The highest BCUT2D eigenvalue weighted by molar-refractivity contribution is 5.91. The molecule has 5 atom stereocenters. The molecule has 0 saturated carbocycles. The summed E-state index contributed by atoms with van der Waals surface area (Å²) in [6, 6.07) is 0. The van der Waals surface area contributed by atoms with Gasteiger partial charge in [0.15, 0.2) is 0 Å². The fraction of sp³-hybridized carbons (Fsp3) is 0.696. The molecule has 0 radical (unpaired) electrons. The van der Waals surface area contributed by atoms with Gasteiger partial charge in [0.05, 0.1) is 12.5 Å². The van der Waals surface area contributed by atoms with Crippen molar-refractivity contribution in [3.63, 3.8) is 0 Å². The number of rotatable bonds is 9. The lowest BCUT2D eigenvalue weighted by atomic mass is 9.73. The number of carbonyl (C=O) groups excluding carboxylic acids is 3. The highest BCUT2D eigenvalue weighted by atomic mass is 16.6. The number of hydrogen-bond acceptors (Lipinski definition) is 6. The molecule has 0 bridgehead atoms. The van der Waals surface area contributed by atoms with Crippen molar-refractivity contribution in [2.24, 2.45) is 17.8 Å². The fourth-order valence-corrected chi connectivity index (χ4v) is 4.27. The smallest absolute Gasteiger partial charge is 0.334 e. The van der Waals surface area contributed by atoms with E-state index in [-0.39, 0.29) is 35.8 Å². The van der Waals surface area contributed by atoms with Crippen LogP contribution in [-0.2, 0) is 28.6 Å². The van der Waals surface area contributed by atoms with Gasteiger partial charge in [-0.3, -0.25) is 9.59 Å². The average molecular weight is 407 g/mol. The second-order valence-electron chi connectivity index (χ2n) is 8.45. The molecule has 0 aromatic heterocycles. The van der Waals surface area contributed by atoms with Crippen LogP contribution in [0.3, 0.4) is 0 Å². The van der Waals surface area contributed by atoms with Gasteiger partial charge in [-0.05, 0) is 37.2 Å². The summed E-state index contributed by atoms with van der Waals surface area (Å²) in [6.07, 6.45) is 2.51. The first kappa shape index (κ1) is 23.2. The molecule has 6 nitrogen and oxygen atoms in total. The summed E-state index contributed by atoms with van der Waals surface area (Å²) < 4.78 is 16.5. The minimum Gasteiger partial charge on any atom is -0.466 e. The summed E-state index contributed by atoms with van der Waals surface area (Å²) in [5, 5.41) is 0. The number of fused-ring (bicyclic) bond motifs is 1. The van der Waals surface area contributed by atoms with Crippen LogP contribution in [0, 0.1) is 17.8 Å². The summed E-state index contributed by atoms with van der Waals surface area (Å²) in [4.78, 5) is 35.7. The number of ether oxygens (including phenoxy) is 3. The number of carbonyl (C=O) groups is 3. The quantitative estimate of drug-likeness (QED) is 0.188. The van der Waals surface area contributed by atoms with E-state index >= 15 is 0 Å². The molecule has 0 N–H and O–H groups in total. The third kappa shape index (κ3) is 5.71. The topological polar surface area (TPSA) is 78.9 Å². The second-order valence-corrected chi connectivity index (χ2v) is 8.45. The minimum atomic E-state index is -0.534. The summed E-state index contributed by atoms with van der Waals surface area (Å²) in [7, 11) is 0. The highest BCUT2D eigenvalue weighted by Crippen LogP contribution is 2.45. The van der Waals surface area contributed by atoms with Gasteiger partial charge in [0.1, 0.15) is 12.2 Å². The van der Waals surface area contributed by atoms with Crippen LogP contribution >= 0.6 is 0 Å². The SMILES string of the molecule is C=C1C(=O)OC2CC(C)=C(C(C)CCCOC(C)=O)C(OC(=O)CC(C)CC)C12. The molecule has 1 aliphatic heterocycles. The zero-order valence-corrected chi connectivity index (χ0v) is 18.3. The van der Waals surface area contributed by atoms with Crippen LogP contribution < -0.4 is 0 Å². The van der Waals surface area contributed by atoms with E-state index in [4.69, 9.17) is 14.2 Å². The van der Waals surface area contributed by atoms with Gasteiger partial charge >= 0.3 is 17.9 Å². The van der Waals surface area contributed by atoms with Crippen molar-refractivity contribution in [2.75, 3.05) is 6.61 Å². The Morgan fingerprint density at radius 1 is 1.31 bits per heavy atom. The molecule has 1 fully saturated rings. The van der Waals surface area contributed by atoms with Crippen LogP contribution in [0.15, 0.2) is 23.3 Å². The molecule has 29 heavy (non-hydrogen) atoms. The van der Waals surface area contributed by atoms with E-state index in [1.54, 1.807) is 0 Å². The lowest BCUT2D eigenvalue weighted by Gasteiger charge is -2.37. The molecular weight excluding hydrogens is 372 g/mol. The molecule has 162 valence electrons. The number of hydrogen-bond donors (Lipinski definition) is 0. The molecule has 0 aromatic carbocycles. The Morgan fingerprint density at radius 3 is 2.62 bits per heavy atom. The maximum atomic E-state index is 12.6. The van der Waals surface area contributed by atoms with Crippen molar-refractivity contribution in [1.82, 2.24) is 0 Å². The summed E-state index contributed by atoms with van der Waals surface area (Å²) >= 11 is 0. The van der Waals surface area contributed by atoms with Crippen LogP contribution in [-0.4, -0.2) is 36.7 Å². The Hall–Kier alpha value is -2.11. The largest absolute Gasteiger partial charge is 0.466 e. The van der Waals surface area contributed by atoms with E-state index < -0.39 is 12.1 Å². The third-order valence-corrected chi connectivity index (χ3v) is 6.04. The molecule has 5 unspecified atom stereocenters. The third-order valence-electron chi connectivity index (χ3n) is 6.04. The van der Waals surface area contributed by atoms with Crippen LogP contribution in [0.25, 0.3) is 0 Å². The molecule has 2 rings (SSSR count). The molecular formula is C23H34O6. The molecule has 1 heterocycles. The van der Waals surface area contributed by atoms with Gasteiger partial charge in [-0.25, -0.2) is 4.79 Å². The number of esters is 3. The Labute approximate surface area is 173 Å². The molecule has 1 saturated heterocycles. The van der Waals surface area contributed by atoms with Crippen molar-refractivity contribution in [3.8, 4) is 0 Å². The molecule has 2 aliphatic rings. The summed E-state index contributed by atoms with van der Waals surface area (Å²) in [5.41, 5.74) is 2.52. The Balaban J connectivity index is 2.21. The first-order valence-electron chi connectivity index (χ1n) is 10.6. The van der Waals surface area contributed by atoms with Crippen LogP contribution in [0.1, 0.15) is 66.7 Å². The van der Waals surface area contributed by atoms with Gasteiger partial charge < -0.3 is 14.2 Å². The van der Waals surface area contributed by atoms with E-state index in [2.05, 4.69) is 13.5 Å².